The van der Waals surface area contributed by atoms with Crippen molar-refractivity contribution in [2.45, 2.75) is 52.9 Å². The molecule has 0 bridgehead atoms. The molecule has 1 saturated heterocycles. The summed E-state index contributed by atoms with van der Waals surface area (Å²) in [5.74, 6) is 2.55. The molecule has 0 aliphatic carbocycles. The van der Waals surface area contributed by atoms with E-state index >= 15 is 0 Å². The quantitative estimate of drug-likeness (QED) is 0.794. The molecule has 1 heterocycles. The summed E-state index contributed by atoms with van der Waals surface area (Å²) in [7, 11) is 0. The predicted octanol–water partition coefficient (Wildman–Crippen LogP) is 3.20. The van der Waals surface area contributed by atoms with Gasteiger partial charge in [-0.1, -0.05) is 26.8 Å². The van der Waals surface area contributed by atoms with Crippen molar-refractivity contribution in [1.82, 2.24) is 0 Å². The topological polar surface area (TPSA) is 13.7 Å². The summed E-state index contributed by atoms with van der Waals surface area (Å²) in [5, 5.41) is 0. The van der Waals surface area contributed by atoms with Crippen LogP contribution in [0.1, 0.15) is 57.1 Å². The van der Waals surface area contributed by atoms with Gasteiger partial charge in [0.2, 0.25) is 0 Å². The molecule has 0 spiro atoms. The SMILES string of the molecule is Cc1cc(OCCC[NH+]2CCC(C)CC2)ccc1C(C)C. The van der Waals surface area contributed by atoms with Gasteiger partial charge in [0, 0.05) is 6.42 Å². The van der Waals surface area contributed by atoms with Crippen LogP contribution in [0.3, 0.4) is 0 Å². The molecule has 1 N–H and O–H groups in total. The average molecular weight is 290 g/mol. The molecule has 2 nitrogen and oxygen atoms in total. The Balaban J connectivity index is 1.70. The molecule has 0 radical (unpaired) electrons. The molecular weight excluding hydrogens is 258 g/mol. The average Bonchev–Trinajstić information content (AvgIpc) is 2.45. The van der Waals surface area contributed by atoms with Crippen LogP contribution in [0, 0.1) is 12.8 Å². The van der Waals surface area contributed by atoms with Crippen LogP contribution < -0.4 is 9.64 Å². The highest BCUT2D eigenvalue weighted by molar-refractivity contribution is 5.36. The Bertz CT molecular complexity index is 433. The fraction of sp³-hybridized carbons (Fsp3) is 0.684. The minimum absolute atomic E-state index is 0.587. The molecule has 118 valence electrons. The van der Waals surface area contributed by atoms with Crippen LogP contribution in [0.15, 0.2) is 18.2 Å². The highest BCUT2D eigenvalue weighted by atomic mass is 16.5. The molecule has 1 aliphatic heterocycles. The summed E-state index contributed by atoms with van der Waals surface area (Å²) in [4.78, 5) is 1.77. The van der Waals surface area contributed by atoms with E-state index in [1.165, 1.54) is 43.6 Å². The van der Waals surface area contributed by atoms with Crippen molar-refractivity contribution >= 4 is 0 Å². The van der Waals surface area contributed by atoms with Crippen molar-refractivity contribution in [2.75, 3.05) is 26.2 Å². The first kappa shape index (κ1) is 16.4. The second-order valence-corrected chi connectivity index (χ2v) is 7.06. The van der Waals surface area contributed by atoms with E-state index < -0.39 is 0 Å². The Morgan fingerprint density at radius 2 is 1.95 bits per heavy atom. The fourth-order valence-electron chi connectivity index (χ4n) is 3.32. The number of likely N-dealkylation sites (tertiary alicyclic amines) is 1. The van der Waals surface area contributed by atoms with Gasteiger partial charge in [0.1, 0.15) is 5.75 Å². The summed E-state index contributed by atoms with van der Waals surface area (Å²) >= 11 is 0. The van der Waals surface area contributed by atoms with Gasteiger partial charge in [-0.3, -0.25) is 0 Å². The standard InChI is InChI=1S/C19H31NO/c1-15(2)19-7-6-18(14-17(19)4)21-13-5-10-20-11-8-16(3)9-12-20/h6-7,14-16H,5,8-13H2,1-4H3/p+1. The van der Waals surface area contributed by atoms with Crippen LogP contribution in [0.25, 0.3) is 0 Å². The lowest BCUT2D eigenvalue weighted by Crippen LogP contribution is -3.13. The summed E-state index contributed by atoms with van der Waals surface area (Å²) in [6, 6.07) is 6.52. The van der Waals surface area contributed by atoms with Gasteiger partial charge in [0.15, 0.2) is 0 Å². The van der Waals surface area contributed by atoms with E-state index in [-0.39, 0.29) is 0 Å². The Labute approximate surface area is 130 Å². The van der Waals surface area contributed by atoms with E-state index in [1.54, 1.807) is 4.90 Å². The maximum absolute atomic E-state index is 5.92. The van der Waals surface area contributed by atoms with E-state index in [0.29, 0.717) is 5.92 Å². The number of nitrogens with one attached hydrogen (secondary N) is 1. The molecule has 0 unspecified atom stereocenters. The van der Waals surface area contributed by atoms with E-state index in [1.807, 2.05) is 0 Å². The van der Waals surface area contributed by atoms with Gasteiger partial charge in [0.05, 0.1) is 26.2 Å². The second-order valence-electron chi connectivity index (χ2n) is 7.06. The van der Waals surface area contributed by atoms with Gasteiger partial charge in [-0.25, -0.2) is 0 Å². The van der Waals surface area contributed by atoms with Crippen LogP contribution in [-0.2, 0) is 0 Å². The van der Waals surface area contributed by atoms with Crippen molar-refractivity contribution in [3.8, 4) is 5.75 Å². The van der Waals surface area contributed by atoms with Crippen molar-refractivity contribution in [1.29, 1.82) is 0 Å². The number of aryl methyl sites for hydroxylation is 1. The van der Waals surface area contributed by atoms with Gasteiger partial charge in [-0.15, -0.1) is 0 Å². The number of rotatable bonds is 6. The first-order valence-electron chi connectivity index (χ1n) is 8.63. The number of ether oxygens (including phenoxy) is 1. The van der Waals surface area contributed by atoms with Gasteiger partial charge in [-0.2, -0.15) is 0 Å². The maximum atomic E-state index is 5.92. The molecule has 1 aromatic rings. The number of hydrogen-bond donors (Lipinski definition) is 1. The zero-order chi connectivity index (χ0) is 15.2. The minimum Gasteiger partial charge on any atom is -0.493 e. The Morgan fingerprint density at radius 1 is 1.24 bits per heavy atom. The number of benzene rings is 1. The van der Waals surface area contributed by atoms with E-state index in [9.17, 15) is 0 Å². The zero-order valence-electron chi connectivity index (χ0n) is 14.2. The van der Waals surface area contributed by atoms with E-state index in [0.717, 1.165) is 24.7 Å². The summed E-state index contributed by atoms with van der Waals surface area (Å²) in [6.45, 7) is 13.8. The van der Waals surface area contributed by atoms with E-state index in [2.05, 4.69) is 45.9 Å². The molecule has 21 heavy (non-hydrogen) atoms. The Hall–Kier alpha value is -1.02. The molecule has 2 rings (SSSR count). The summed E-state index contributed by atoms with van der Waals surface area (Å²) in [5.41, 5.74) is 2.77. The van der Waals surface area contributed by atoms with Crippen LogP contribution in [0.4, 0.5) is 0 Å². The van der Waals surface area contributed by atoms with Crippen molar-refractivity contribution in [3.05, 3.63) is 29.3 Å². The zero-order valence-corrected chi connectivity index (χ0v) is 14.2. The molecule has 1 aromatic carbocycles. The third kappa shape index (κ3) is 5.03. The maximum Gasteiger partial charge on any atom is 0.119 e. The molecular formula is C19H32NO+. The smallest absolute Gasteiger partial charge is 0.119 e. The van der Waals surface area contributed by atoms with Gasteiger partial charge in [0.25, 0.3) is 0 Å². The summed E-state index contributed by atoms with van der Waals surface area (Å²) < 4.78 is 5.92. The molecule has 0 aromatic heterocycles. The Kier molecular flexibility index (Phi) is 6.10. The van der Waals surface area contributed by atoms with Gasteiger partial charge < -0.3 is 9.64 Å². The first-order valence-corrected chi connectivity index (χ1v) is 8.63. The lowest BCUT2D eigenvalue weighted by molar-refractivity contribution is -0.906. The van der Waals surface area contributed by atoms with Gasteiger partial charge >= 0.3 is 0 Å². The van der Waals surface area contributed by atoms with E-state index in [4.69, 9.17) is 4.74 Å². The first-order chi connectivity index (χ1) is 10.1. The molecule has 2 heteroatoms. The Morgan fingerprint density at radius 3 is 2.57 bits per heavy atom. The molecule has 0 atom stereocenters. The van der Waals surface area contributed by atoms with Crippen LogP contribution in [0.5, 0.6) is 5.75 Å². The second kappa shape index (κ2) is 7.84. The highest BCUT2D eigenvalue weighted by Gasteiger charge is 2.18. The number of piperidine rings is 1. The normalized spacial score (nSPS) is 22.5. The van der Waals surface area contributed by atoms with Crippen molar-refractivity contribution < 1.29 is 9.64 Å². The van der Waals surface area contributed by atoms with Crippen molar-refractivity contribution in [2.24, 2.45) is 5.92 Å². The largest absolute Gasteiger partial charge is 0.493 e. The molecule has 0 saturated carbocycles. The lowest BCUT2D eigenvalue weighted by atomic mass is 9.98. The monoisotopic (exact) mass is 290 g/mol. The van der Waals surface area contributed by atoms with Crippen LogP contribution >= 0.6 is 0 Å². The van der Waals surface area contributed by atoms with Crippen LogP contribution in [-0.4, -0.2) is 26.2 Å². The van der Waals surface area contributed by atoms with Gasteiger partial charge in [-0.05, 0) is 54.9 Å². The third-order valence-electron chi connectivity index (χ3n) is 4.79. The molecule has 1 fully saturated rings. The number of quaternary nitrogens is 1. The summed E-state index contributed by atoms with van der Waals surface area (Å²) in [6.07, 6.45) is 3.95. The minimum atomic E-state index is 0.587. The predicted molar refractivity (Wildman–Crippen MR) is 89.3 cm³/mol. The molecule has 1 aliphatic rings. The molecule has 0 amide bonds. The highest BCUT2D eigenvalue weighted by Crippen LogP contribution is 2.23. The third-order valence-corrected chi connectivity index (χ3v) is 4.79. The fourth-order valence-corrected chi connectivity index (χ4v) is 3.32. The number of hydrogen-bond acceptors (Lipinski definition) is 1. The van der Waals surface area contributed by atoms with Crippen LogP contribution in [0.2, 0.25) is 0 Å². The lowest BCUT2D eigenvalue weighted by Gasteiger charge is -2.27. The van der Waals surface area contributed by atoms with Crippen molar-refractivity contribution in [3.63, 3.8) is 0 Å².